The van der Waals surface area contributed by atoms with Crippen molar-refractivity contribution < 1.29 is 13.2 Å². The number of aromatic nitrogens is 2. The number of nitrogens with one attached hydrogen (secondary N) is 4. The van der Waals surface area contributed by atoms with Crippen LogP contribution >= 0.6 is 11.3 Å². The molecule has 0 aliphatic carbocycles. The Balaban J connectivity index is 1.67. The van der Waals surface area contributed by atoms with Gasteiger partial charge >= 0.3 is 0 Å². The van der Waals surface area contributed by atoms with Gasteiger partial charge in [-0.25, -0.2) is 18.4 Å². The van der Waals surface area contributed by atoms with Crippen LogP contribution in [0.25, 0.3) is 0 Å². The van der Waals surface area contributed by atoms with E-state index in [0.29, 0.717) is 23.9 Å². The van der Waals surface area contributed by atoms with Crippen molar-refractivity contribution in [2.75, 3.05) is 21.9 Å². The molecule has 0 radical (unpaired) electrons. The lowest BCUT2D eigenvalue weighted by atomic mass is 10.3. The van der Waals surface area contributed by atoms with Crippen molar-refractivity contribution in [1.29, 1.82) is 0 Å². The highest BCUT2D eigenvalue weighted by molar-refractivity contribution is 7.94. The van der Waals surface area contributed by atoms with E-state index in [1.807, 2.05) is 19.9 Å². The van der Waals surface area contributed by atoms with Crippen LogP contribution < -0.4 is 20.7 Å². The van der Waals surface area contributed by atoms with Gasteiger partial charge in [-0.1, -0.05) is 0 Å². The number of hydrogen-bond donors (Lipinski definition) is 4. The van der Waals surface area contributed by atoms with Crippen LogP contribution in [0.5, 0.6) is 0 Å². The highest BCUT2D eigenvalue weighted by Crippen LogP contribution is 2.25. The summed E-state index contributed by atoms with van der Waals surface area (Å²) < 4.78 is 28.0. The zero-order valence-electron chi connectivity index (χ0n) is 17.4. The number of carbonyl (C=O) groups excluding carboxylic acids is 1. The Hall–Kier alpha value is -3.18. The van der Waals surface area contributed by atoms with Crippen LogP contribution in [0.15, 0.2) is 46.7 Å². The molecule has 0 spiro atoms. The minimum atomic E-state index is -3.71. The van der Waals surface area contributed by atoms with Gasteiger partial charge in [0.25, 0.3) is 10.0 Å². The van der Waals surface area contributed by atoms with E-state index < -0.39 is 10.0 Å². The summed E-state index contributed by atoms with van der Waals surface area (Å²) >= 11 is 1.11. The third kappa shape index (κ3) is 6.40. The molecule has 0 saturated heterocycles. The van der Waals surface area contributed by atoms with E-state index >= 15 is 0 Å². The number of nitrogens with zero attached hydrogens (tertiary/aromatic N) is 2. The van der Waals surface area contributed by atoms with E-state index in [9.17, 15) is 13.2 Å². The van der Waals surface area contributed by atoms with E-state index in [4.69, 9.17) is 0 Å². The van der Waals surface area contributed by atoms with Gasteiger partial charge in [-0.15, -0.1) is 11.3 Å². The van der Waals surface area contributed by atoms with Gasteiger partial charge in [-0.2, -0.15) is 0 Å². The highest BCUT2D eigenvalue weighted by Gasteiger charge is 2.17. The van der Waals surface area contributed by atoms with Crippen LogP contribution in [0.1, 0.15) is 24.5 Å². The molecule has 1 amide bonds. The van der Waals surface area contributed by atoms with Gasteiger partial charge in [0, 0.05) is 35.8 Å². The van der Waals surface area contributed by atoms with Crippen LogP contribution in [-0.2, 0) is 21.4 Å². The number of amides is 1. The number of sulfonamides is 1. The number of rotatable bonds is 9. The van der Waals surface area contributed by atoms with Crippen molar-refractivity contribution in [3.63, 3.8) is 0 Å². The summed E-state index contributed by atoms with van der Waals surface area (Å²) in [6.07, 6.45) is 0. The van der Waals surface area contributed by atoms with Gasteiger partial charge in [0.15, 0.2) is 0 Å². The Morgan fingerprint density at radius 1 is 1.03 bits per heavy atom. The lowest BCUT2D eigenvalue weighted by molar-refractivity contribution is -0.119. The van der Waals surface area contributed by atoms with Crippen molar-refractivity contribution in [2.24, 2.45) is 0 Å². The fourth-order valence-electron chi connectivity index (χ4n) is 2.69. The predicted octanol–water partition coefficient (Wildman–Crippen LogP) is 3.46. The van der Waals surface area contributed by atoms with Crippen molar-refractivity contribution >= 4 is 50.3 Å². The molecule has 0 unspecified atom stereocenters. The summed E-state index contributed by atoms with van der Waals surface area (Å²) in [5, 5.41) is 9.00. The van der Waals surface area contributed by atoms with Crippen molar-refractivity contribution in [3.8, 4) is 0 Å². The molecule has 31 heavy (non-hydrogen) atoms. The predicted molar refractivity (Wildman–Crippen MR) is 123 cm³/mol. The smallest absolute Gasteiger partial charge is 0.271 e. The van der Waals surface area contributed by atoms with Gasteiger partial charge in [0.2, 0.25) is 5.91 Å². The summed E-state index contributed by atoms with van der Waals surface area (Å²) in [7, 11) is -3.71. The summed E-state index contributed by atoms with van der Waals surface area (Å²) in [5.41, 5.74) is 1.20. The molecule has 9 nitrogen and oxygen atoms in total. The van der Waals surface area contributed by atoms with E-state index in [1.165, 1.54) is 13.0 Å². The monoisotopic (exact) mass is 460 g/mol. The molecule has 11 heteroatoms. The van der Waals surface area contributed by atoms with Crippen LogP contribution in [0.2, 0.25) is 0 Å². The lowest BCUT2D eigenvalue weighted by Crippen LogP contribution is -2.18. The van der Waals surface area contributed by atoms with Gasteiger partial charge in [0.1, 0.15) is 21.7 Å². The second kappa shape index (κ2) is 9.75. The lowest BCUT2D eigenvalue weighted by Gasteiger charge is -2.10. The Kier molecular flexibility index (Phi) is 7.08. The van der Waals surface area contributed by atoms with Crippen LogP contribution in [0.4, 0.5) is 23.0 Å². The fourth-order valence-corrected chi connectivity index (χ4v) is 5.04. The number of aryl methyl sites for hydroxylation is 1. The average molecular weight is 461 g/mol. The van der Waals surface area contributed by atoms with E-state index in [0.717, 1.165) is 34.3 Å². The van der Waals surface area contributed by atoms with Gasteiger partial charge in [0.05, 0.1) is 6.54 Å². The number of benzene rings is 1. The molecule has 1 aromatic carbocycles. The molecule has 2 heterocycles. The largest absolute Gasteiger partial charge is 0.370 e. The van der Waals surface area contributed by atoms with Crippen LogP contribution in [-0.4, -0.2) is 30.8 Å². The SMILES string of the molecule is CCNc1cc(Nc2ccc(NS(=O)(=O)c3ccc(CNC(C)=O)s3)cc2)nc(C)n1. The van der Waals surface area contributed by atoms with Crippen LogP contribution in [0.3, 0.4) is 0 Å². The molecule has 164 valence electrons. The molecule has 0 atom stereocenters. The Bertz CT molecular complexity index is 1160. The molecule has 0 bridgehead atoms. The second-order valence-electron chi connectivity index (χ2n) is 6.65. The standard InChI is InChI=1S/C20H24N6O3S2/c1-4-21-18-11-19(24-13(2)23-18)25-15-5-7-16(8-6-15)26-31(28,29)20-10-9-17(30-20)12-22-14(3)27/h5-11,26H,4,12H2,1-3H3,(H,22,27)(H2,21,23,24,25). The first kappa shape index (κ1) is 22.5. The third-order valence-electron chi connectivity index (χ3n) is 4.02. The van der Waals surface area contributed by atoms with Gasteiger partial charge in [-0.05, 0) is 50.2 Å². The molecule has 2 aromatic heterocycles. The minimum Gasteiger partial charge on any atom is -0.370 e. The quantitative estimate of drug-likeness (QED) is 0.385. The molecule has 3 aromatic rings. The number of carbonyl (C=O) groups is 1. The topological polar surface area (TPSA) is 125 Å². The fraction of sp³-hybridized carbons (Fsp3) is 0.250. The van der Waals surface area contributed by atoms with Crippen LogP contribution in [0, 0.1) is 6.92 Å². The first-order valence-electron chi connectivity index (χ1n) is 9.58. The molecule has 0 fully saturated rings. The Morgan fingerprint density at radius 3 is 2.39 bits per heavy atom. The Morgan fingerprint density at radius 2 is 1.71 bits per heavy atom. The van der Waals surface area contributed by atoms with Crippen molar-refractivity contribution in [2.45, 2.75) is 31.5 Å². The summed E-state index contributed by atoms with van der Waals surface area (Å²) in [6.45, 7) is 6.27. The van der Waals surface area contributed by atoms with Crippen molar-refractivity contribution in [3.05, 3.63) is 53.2 Å². The molecule has 0 aliphatic rings. The molecule has 0 aliphatic heterocycles. The maximum atomic E-state index is 12.6. The molecular weight excluding hydrogens is 436 g/mol. The first-order chi connectivity index (χ1) is 14.7. The summed E-state index contributed by atoms with van der Waals surface area (Å²) in [5.74, 6) is 1.84. The third-order valence-corrected chi connectivity index (χ3v) is 6.98. The summed E-state index contributed by atoms with van der Waals surface area (Å²) in [4.78, 5) is 20.4. The molecule has 0 saturated carbocycles. The van der Waals surface area contributed by atoms with E-state index in [1.54, 1.807) is 30.3 Å². The zero-order chi connectivity index (χ0) is 22.4. The Labute approximate surface area is 185 Å². The summed E-state index contributed by atoms with van der Waals surface area (Å²) in [6, 6.07) is 11.9. The van der Waals surface area contributed by atoms with Gasteiger partial charge in [-0.3, -0.25) is 9.52 Å². The normalized spacial score (nSPS) is 11.1. The number of hydrogen-bond acceptors (Lipinski definition) is 8. The molecule has 4 N–H and O–H groups in total. The van der Waals surface area contributed by atoms with Crippen molar-refractivity contribution in [1.82, 2.24) is 15.3 Å². The maximum absolute atomic E-state index is 12.6. The number of thiophene rings is 1. The second-order valence-corrected chi connectivity index (χ2v) is 9.73. The number of anilines is 4. The highest BCUT2D eigenvalue weighted by atomic mass is 32.2. The minimum absolute atomic E-state index is 0.167. The average Bonchev–Trinajstić information content (AvgIpc) is 3.18. The zero-order valence-corrected chi connectivity index (χ0v) is 19.0. The molecular formula is C20H24N6O3S2. The van der Waals surface area contributed by atoms with E-state index in [-0.39, 0.29) is 10.1 Å². The van der Waals surface area contributed by atoms with Gasteiger partial charge < -0.3 is 16.0 Å². The molecule has 3 rings (SSSR count). The van der Waals surface area contributed by atoms with E-state index in [2.05, 4.69) is 30.6 Å². The first-order valence-corrected chi connectivity index (χ1v) is 11.9. The maximum Gasteiger partial charge on any atom is 0.271 e.